The second-order valence-corrected chi connectivity index (χ2v) is 7.09. The Labute approximate surface area is 178 Å². The predicted octanol–water partition coefficient (Wildman–Crippen LogP) is 5.72. The first-order valence-corrected chi connectivity index (χ1v) is 9.72. The van der Waals surface area contributed by atoms with Crippen molar-refractivity contribution in [3.8, 4) is 17.1 Å². The van der Waals surface area contributed by atoms with Gasteiger partial charge in [-0.2, -0.15) is 14.9 Å². The van der Waals surface area contributed by atoms with E-state index in [1.807, 2.05) is 72.8 Å². The third-order valence-corrected chi connectivity index (χ3v) is 4.68. The Morgan fingerprint density at radius 1 is 1.03 bits per heavy atom. The number of ether oxygens (including phenoxy) is 1. The zero-order valence-corrected chi connectivity index (χ0v) is 16.9. The Morgan fingerprint density at radius 3 is 2.59 bits per heavy atom. The van der Waals surface area contributed by atoms with Gasteiger partial charge in [-0.25, -0.2) is 5.10 Å². The van der Waals surface area contributed by atoms with Crippen molar-refractivity contribution in [1.29, 1.82) is 0 Å². The van der Waals surface area contributed by atoms with Crippen LogP contribution in [0.25, 0.3) is 11.4 Å². The van der Waals surface area contributed by atoms with E-state index in [2.05, 4.69) is 15.3 Å². The molecule has 4 rings (SSSR count). The zero-order valence-electron chi connectivity index (χ0n) is 15.3. The van der Waals surface area contributed by atoms with Crippen molar-refractivity contribution in [2.45, 2.75) is 6.61 Å². The van der Waals surface area contributed by atoms with Gasteiger partial charge in [0.1, 0.15) is 12.4 Å². The van der Waals surface area contributed by atoms with Crippen molar-refractivity contribution in [2.75, 3.05) is 0 Å². The lowest BCUT2D eigenvalue weighted by molar-refractivity contribution is 0.306. The molecule has 7 heteroatoms. The van der Waals surface area contributed by atoms with Crippen LogP contribution in [-0.2, 0) is 6.61 Å². The Hall–Kier alpha value is -3.22. The molecule has 144 valence electrons. The molecule has 4 aromatic rings. The van der Waals surface area contributed by atoms with Crippen LogP contribution in [0, 0.1) is 4.77 Å². The van der Waals surface area contributed by atoms with Crippen LogP contribution in [0.1, 0.15) is 11.1 Å². The summed E-state index contributed by atoms with van der Waals surface area (Å²) in [6.45, 7) is 0.529. The van der Waals surface area contributed by atoms with Gasteiger partial charge < -0.3 is 4.74 Å². The highest BCUT2D eigenvalue weighted by atomic mass is 35.5. The monoisotopic (exact) mass is 420 g/mol. The number of H-pyrrole nitrogens is 1. The number of nitrogens with one attached hydrogen (secondary N) is 1. The van der Waals surface area contributed by atoms with Gasteiger partial charge in [-0.05, 0) is 59.7 Å². The van der Waals surface area contributed by atoms with Gasteiger partial charge in [0.25, 0.3) is 0 Å². The molecule has 29 heavy (non-hydrogen) atoms. The number of aromatic nitrogens is 3. The molecule has 0 fully saturated rings. The maximum atomic E-state index is 6.08. The number of hydrogen-bond donors (Lipinski definition) is 1. The standard InChI is InChI=1S/C22H17ClN4OS/c23-19-8-4-7-18(13-19)21-25-26-22(29)27(21)24-14-16-9-11-20(12-10-16)28-15-17-5-2-1-3-6-17/h1-14H,15H2,(H,26,29)/b24-14+. The van der Waals surface area contributed by atoms with Gasteiger partial charge in [-0.15, -0.1) is 0 Å². The molecule has 0 aliphatic heterocycles. The Bertz CT molecular complexity index is 1180. The van der Waals surface area contributed by atoms with E-state index in [-0.39, 0.29) is 0 Å². The highest BCUT2D eigenvalue weighted by molar-refractivity contribution is 7.71. The second-order valence-electron chi connectivity index (χ2n) is 6.26. The summed E-state index contributed by atoms with van der Waals surface area (Å²) in [5.74, 6) is 1.39. The van der Waals surface area contributed by atoms with E-state index >= 15 is 0 Å². The minimum atomic E-state index is 0.402. The van der Waals surface area contributed by atoms with E-state index in [1.165, 1.54) is 0 Å². The number of aromatic amines is 1. The van der Waals surface area contributed by atoms with E-state index in [0.717, 1.165) is 22.4 Å². The van der Waals surface area contributed by atoms with Gasteiger partial charge in [0.05, 0.1) is 6.21 Å². The molecule has 0 saturated carbocycles. The quantitative estimate of drug-likeness (QED) is 0.320. The molecule has 0 spiro atoms. The van der Waals surface area contributed by atoms with E-state index in [0.29, 0.717) is 22.2 Å². The smallest absolute Gasteiger partial charge is 0.216 e. The van der Waals surface area contributed by atoms with E-state index in [9.17, 15) is 0 Å². The third-order valence-electron chi connectivity index (χ3n) is 4.18. The third kappa shape index (κ3) is 4.80. The molecule has 3 aromatic carbocycles. The number of nitrogens with zero attached hydrogens (tertiary/aromatic N) is 3. The van der Waals surface area contributed by atoms with E-state index in [1.54, 1.807) is 17.0 Å². The topological polar surface area (TPSA) is 55.2 Å². The molecule has 0 atom stereocenters. The molecule has 0 aliphatic carbocycles. The van der Waals surface area contributed by atoms with Crippen LogP contribution >= 0.6 is 23.8 Å². The molecule has 1 heterocycles. The number of hydrogen-bond acceptors (Lipinski definition) is 4. The highest BCUT2D eigenvalue weighted by Gasteiger charge is 2.08. The van der Waals surface area contributed by atoms with Crippen molar-refractivity contribution in [3.05, 3.63) is 99.8 Å². The maximum absolute atomic E-state index is 6.08. The van der Waals surface area contributed by atoms with Crippen LogP contribution in [0.3, 0.4) is 0 Å². The first kappa shape index (κ1) is 19.1. The Morgan fingerprint density at radius 2 is 1.83 bits per heavy atom. The molecule has 0 unspecified atom stereocenters. The van der Waals surface area contributed by atoms with Gasteiger partial charge in [0.2, 0.25) is 4.77 Å². The first-order valence-electron chi connectivity index (χ1n) is 8.93. The first-order chi connectivity index (χ1) is 14.2. The molecular formula is C22H17ClN4OS. The molecule has 1 N–H and O–H groups in total. The summed E-state index contributed by atoms with van der Waals surface area (Å²) < 4.78 is 7.78. The summed E-state index contributed by atoms with van der Waals surface area (Å²) in [7, 11) is 0. The highest BCUT2D eigenvalue weighted by Crippen LogP contribution is 2.21. The fraction of sp³-hybridized carbons (Fsp3) is 0.0455. The van der Waals surface area contributed by atoms with Crippen LogP contribution in [0.4, 0.5) is 0 Å². The van der Waals surface area contributed by atoms with E-state index < -0.39 is 0 Å². The van der Waals surface area contributed by atoms with E-state index in [4.69, 9.17) is 28.6 Å². The summed E-state index contributed by atoms with van der Waals surface area (Å²) in [6.07, 6.45) is 1.72. The van der Waals surface area contributed by atoms with Crippen LogP contribution in [0.5, 0.6) is 5.75 Å². The van der Waals surface area contributed by atoms with Crippen molar-refractivity contribution in [3.63, 3.8) is 0 Å². The number of rotatable bonds is 6. The van der Waals surface area contributed by atoms with Crippen molar-refractivity contribution >= 4 is 30.0 Å². The minimum absolute atomic E-state index is 0.402. The average molecular weight is 421 g/mol. The van der Waals surface area contributed by atoms with Crippen LogP contribution < -0.4 is 4.74 Å². The lowest BCUT2D eigenvalue weighted by atomic mass is 10.2. The minimum Gasteiger partial charge on any atom is -0.489 e. The molecule has 0 amide bonds. The van der Waals surface area contributed by atoms with Crippen molar-refractivity contribution < 1.29 is 4.74 Å². The molecule has 5 nitrogen and oxygen atoms in total. The summed E-state index contributed by atoms with van der Waals surface area (Å²) in [5.41, 5.74) is 2.87. The summed E-state index contributed by atoms with van der Waals surface area (Å²) >= 11 is 11.4. The maximum Gasteiger partial charge on any atom is 0.216 e. The average Bonchev–Trinajstić information content (AvgIpc) is 3.12. The number of halogens is 1. The summed E-state index contributed by atoms with van der Waals surface area (Å²) in [6, 6.07) is 25.1. The van der Waals surface area contributed by atoms with Crippen LogP contribution in [0.2, 0.25) is 5.02 Å². The molecule has 0 aliphatic rings. The summed E-state index contributed by atoms with van der Waals surface area (Å²) in [5, 5.41) is 12.1. The number of benzene rings is 3. The van der Waals surface area contributed by atoms with Gasteiger partial charge in [0, 0.05) is 10.6 Å². The second kappa shape index (κ2) is 8.86. The molecule has 0 bridgehead atoms. The molecule has 0 radical (unpaired) electrons. The Kier molecular flexibility index (Phi) is 5.84. The lowest BCUT2D eigenvalue weighted by Gasteiger charge is -2.06. The van der Waals surface area contributed by atoms with Gasteiger partial charge >= 0.3 is 0 Å². The van der Waals surface area contributed by atoms with Gasteiger partial charge in [-0.3, -0.25) is 0 Å². The SMILES string of the molecule is S=c1[nH]nc(-c2cccc(Cl)c2)n1/N=C/c1ccc(OCc2ccccc2)cc1. The summed E-state index contributed by atoms with van der Waals surface area (Å²) in [4.78, 5) is 0. The van der Waals surface area contributed by atoms with Gasteiger partial charge in [0.15, 0.2) is 5.82 Å². The molecular weight excluding hydrogens is 404 g/mol. The fourth-order valence-electron chi connectivity index (χ4n) is 2.73. The normalized spacial score (nSPS) is 11.1. The largest absolute Gasteiger partial charge is 0.489 e. The Balaban J connectivity index is 1.48. The van der Waals surface area contributed by atoms with Crippen LogP contribution in [0.15, 0.2) is 84.0 Å². The predicted molar refractivity (Wildman–Crippen MR) is 118 cm³/mol. The lowest BCUT2D eigenvalue weighted by Crippen LogP contribution is -1.96. The van der Waals surface area contributed by atoms with Crippen LogP contribution in [-0.4, -0.2) is 21.1 Å². The fourth-order valence-corrected chi connectivity index (χ4v) is 3.10. The van der Waals surface area contributed by atoms with Crippen molar-refractivity contribution in [1.82, 2.24) is 14.9 Å². The zero-order chi connectivity index (χ0) is 20.1. The molecule has 0 saturated heterocycles. The molecule has 1 aromatic heterocycles. The van der Waals surface area contributed by atoms with Crippen molar-refractivity contribution in [2.24, 2.45) is 5.10 Å². The van der Waals surface area contributed by atoms with Gasteiger partial charge in [-0.1, -0.05) is 54.1 Å².